The SMILES string of the molecule is COC(=O)c1ccc2c(c1)N(C[C@@H]1CC[C@H]1CCCO)CCCCc1cc(Cl)ccc1CO2. The van der Waals surface area contributed by atoms with Gasteiger partial charge in [-0.25, -0.2) is 4.79 Å². The van der Waals surface area contributed by atoms with Crippen LogP contribution in [-0.2, 0) is 17.8 Å². The van der Waals surface area contributed by atoms with Crippen LogP contribution in [0, 0.1) is 11.8 Å². The molecule has 5 nitrogen and oxygen atoms in total. The van der Waals surface area contributed by atoms with Crippen molar-refractivity contribution in [3.8, 4) is 5.75 Å². The quantitative estimate of drug-likeness (QED) is 0.552. The molecule has 0 aromatic heterocycles. The second kappa shape index (κ2) is 11.3. The molecule has 4 rings (SSSR count). The molecule has 2 atom stereocenters. The topological polar surface area (TPSA) is 59.0 Å². The Bertz CT molecular complexity index is 963. The molecular formula is C27H34ClNO4. The molecule has 0 unspecified atom stereocenters. The molecule has 178 valence electrons. The number of carbonyl (C=O) groups is 1. The van der Waals surface area contributed by atoms with E-state index in [1.165, 1.54) is 25.5 Å². The molecule has 2 aromatic carbocycles. The zero-order valence-electron chi connectivity index (χ0n) is 19.4. The Kier molecular flexibility index (Phi) is 8.15. The van der Waals surface area contributed by atoms with Gasteiger partial charge in [-0.2, -0.15) is 0 Å². The number of rotatable bonds is 6. The summed E-state index contributed by atoms with van der Waals surface area (Å²) in [6, 6.07) is 11.6. The van der Waals surface area contributed by atoms with Crippen LogP contribution in [0.4, 0.5) is 5.69 Å². The number of aliphatic hydroxyl groups is 1. The van der Waals surface area contributed by atoms with Crippen molar-refractivity contribution in [2.75, 3.05) is 31.7 Å². The van der Waals surface area contributed by atoms with Gasteiger partial charge in [0.1, 0.15) is 12.4 Å². The van der Waals surface area contributed by atoms with Crippen molar-refractivity contribution in [1.82, 2.24) is 0 Å². The predicted octanol–water partition coefficient (Wildman–Crippen LogP) is 5.65. The number of esters is 1. The number of nitrogens with zero attached hydrogens (tertiary/aromatic N) is 1. The number of hydrogen-bond donors (Lipinski definition) is 1. The lowest BCUT2D eigenvalue weighted by molar-refractivity contribution is 0.0600. The molecule has 0 radical (unpaired) electrons. The van der Waals surface area contributed by atoms with Crippen LogP contribution in [-0.4, -0.2) is 37.9 Å². The normalized spacial score (nSPS) is 20.5. The van der Waals surface area contributed by atoms with Gasteiger partial charge in [-0.15, -0.1) is 0 Å². The van der Waals surface area contributed by atoms with E-state index in [9.17, 15) is 9.90 Å². The maximum atomic E-state index is 12.3. The third-order valence-corrected chi connectivity index (χ3v) is 7.39. The molecule has 1 saturated carbocycles. The van der Waals surface area contributed by atoms with Crippen molar-refractivity contribution in [1.29, 1.82) is 0 Å². The van der Waals surface area contributed by atoms with E-state index in [1.807, 2.05) is 18.2 Å². The van der Waals surface area contributed by atoms with Crippen LogP contribution < -0.4 is 9.64 Å². The summed E-state index contributed by atoms with van der Waals surface area (Å²) < 4.78 is 11.3. The molecule has 2 aliphatic rings. The van der Waals surface area contributed by atoms with Gasteiger partial charge in [0, 0.05) is 24.7 Å². The van der Waals surface area contributed by atoms with E-state index in [4.69, 9.17) is 21.1 Å². The molecular weight excluding hydrogens is 438 g/mol. The maximum absolute atomic E-state index is 12.3. The molecule has 0 amide bonds. The van der Waals surface area contributed by atoms with E-state index in [-0.39, 0.29) is 12.6 Å². The van der Waals surface area contributed by atoms with Gasteiger partial charge in [-0.1, -0.05) is 17.7 Å². The Hall–Kier alpha value is -2.24. The first-order valence-electron chi connectivity index (χ1n) is 12.1. The lowest BCUT2D eigenvalue weighted by Crippen LogP contribution is -2.39. The zero-order chi connectivity index (χ0) is 23.2. The molecule has 6 heteroatoms. The smallest absolute Gasteiger partial charge is 0.337 e. The summed E-state index contributed by atoms with van der Waals surface area (Å²) in [6.07, 6.45) is 7.48. The second-order valence-corrected chi connectivity index (χ2v) is 9.68. The number of fused-ring (bicyclic) bond motifs is 2. The highest BCUT2D eigenvalue weighted by atomic mass is 35.5. The molecule has 1 N–H and O–H groups in total. The number of anilines is 1. The van der Waals surface area contributed by atoms with Crippen molar-refractivity contribution in [3.05, 3.63) is 58.1 Å². The van der Waals surface area contributed by atoms with E-state index < -0.39 is 0 Å². The Labute approximate surface area is 201 Å². The van der Waals surface area contributed by atoms with Crippen LogP contribution in [0.3, 0.4) is 0 Å². The fourth-order valence-electron chi connectivity index (χ4n) is 5.08. The average Bonchev–Trinajstić information content (AvgIpc) is 2.84. The lowest BCUT2D eigenvalue weighted by Gasteiger charge is -2.41. The van der Waals surface area contributed by atoms with Gasteiger partial charge in [0.15, 0.2) is 0 Å². The highest BCUT2D eigenvalue weighted by molar-refractivity contribution is 6.30. The first-order chi connectivity index (χ1) is 16.1. The minimum Gasteiger partial charge on any atom is -0.487 e. The van der Waals surface area contributed by atoms with Crippen LogP contribution in [0.25, 0.3) is 0 Å². The van der Waals surface area contributed by atoms with Crippen molar-refractivity contribution < 1.29 is 19.4 Å². The number of aryl methyl sites for hydroxylation is 1. The van der Waals surface area contributed by atoms with Crippen LogP contribution >= 0.6 is 11.6 Å². The largest absolute Gasteiger partial charge is 0.487 e. The Morgan fingerprint density at radius 1 is 1.15 bits per heavy atom. The summed E-state index contributed by atoms with van der Waals surface area (Å²) in [6.45, 7) is 2.57. The van der Waals surface area contributed by atoms with Gasteiger partial charge in [0.25, 0.3) is 0 Å². The second-order valence-electron chi connectivity index (χ2n) is 9.24. The number of halogens is 1. The molecule has 0 bridgehead atoms. The standard InChI is InChI=1S/C27H34ClNO4/c1-32-27(31)21-10-12-26-25(16-21)29(17-22-8-7-19(22)6-4-14-30)13-3-2-5-20-15-24(28)11-9-23(20)18-33-26/h9-12,15-16,19,22,30H,2-8,13-14,17-18H2,1H3/t19-,22+/m1/s1. The molecule has 1 aliphatic carbocycles. The number of methoxy groups -OCH3 is 1. The fraction of sp³-hybridized carbons (Fsp3) is 0.519. The molecule has 33 heavy (non-hydrogen) atoms. The summed E-state index contributed by atoms with van der Waals surface area (Å²) >= 11 is 6.26. The summed E-state index contributed by atoms with van der Waals surface area (Å²) in [5.41, 5.74) is 3.89. The maximum Gasteiger partial charge on any atom is 0.337 e. The number of ether oxygens (including phenoxy) is 2. The van der Waals surface area contributed by atoms with Crippen LogP contribution in [0.5, 0.6) is 5.75 Å². The van der Waals surface area contributed by atoms with E-state index in [0.717, 1.165) is 67.2 Å². The van der Waals surface area contributed by atoms with Crippen LogP contribution in [0.2, 0.25) is 5.02 Å². The Balaban J connectivity index is 1.63. The van der Waals surface area contributed by atoms with Gasteiger partial charge in [-0.05, 0) is 98.2 Å². The minimum atomic E-state index is -0.337. The van der Waals surface area contributed by atoms with Crippen molar-refractivity contribution >= 4 is 23.3 Å². The van der Waals surface area contributed by atoms with Crippen LogP contribution in [0.1, 0.15) is 60.0 Å². The highest BCUT2D eigenvalue weighted by Gasteiger charge is 2.32. The number of aliphatic hydroxyl groups excluding tert-OH is 1. The molecule has 0 spiro atoms. The van der Waals surface area contributed by atoms with Crippen LogP contribution in [0.15, 0.2) is 36.4 Å². The van der Waals surface area contributed by atoms with Gasteiger partial charge in [0.05, 0.1) is 18.4 Å². The summed E-state index contributed by atoms with van der Waals surface area (Å²) in [7, 11) is 1.41. The predicted molar refractivity (Wildman–Crippen MR) is 131 cm³/mol. The number of benzene rings is 2. The third kappa shape index (κ3) is 5.82. The average molecular weight is 472 g/mol. The van der Waals surface area contributed by atoms with Gasteiger partial charge < -0.3 is 19.5 Å². The van der Waals surface area contributed by atoms with E-state index >= 15 is 0 Å². The number of hydrogen-bond acceptors (Lipinski definition) is 5. The van der Waals surface area contributed by atoms with E-state index in [1.54, 1.807) is 6.07 Å². The zero-order valence-corrected chi connectivity index (χ0v) is 20.2. The summed E-state index contributed by atoms with van der Waals surface area (Å²) in [5, 5.41) is 10.0. The third-order valence-electron chi connectivity index (χ3n) is 7.16. The molecule has 1 fully saturated rings. The Morgan fingerprint density at radius 2 is 2.00 bits per heavy atom. The Morgan fingerprint density at radius 3 is 2.76 bits per heavy atom. The number of carbonyl (C=O) groups excluding carboxylic acids is 1. The van der Waals surface area contributed by atoms with Gasteiger partial charge in [-0.3, -0.25) is 0 Å². The molecule has 0 saturated heterocycles. The molecule has 2 aromatic rings. The highest BCUT2D eigenvalue weighted by Crippen LogP contribution is 2.40. The summed E-state index contributed by atoms with van der Waals surface area (Å²) in [4.78, 5) is 14.7. The van der Waals surface area contributed by atoms with Gasteiger partial charge in [0.2, 0.25) is 0 Å². The molecule has 1 aliphatic heterocycles. The lowest BCUT2D eigenvalue weighted by atomic mass is 9.71. The fourth-order valence-corrected chi connectivity index (χ4v) is 5.27. The van der Waals surface area contributed by atoms with E-state index in [2.05, 4.69) is 17.0 Å². The first kappa shape index (κ1) is 23.9. The van der Waals surface area contributed by atoms with Crippen molar-refractivity contribution in [3.63, 3.8) is 0 Å². The van der Waals surface area contributed by atoms with E-state index in [0.29, 0.717) is 24.0 Å². The minimum absolute atomic E-state index is 0.261. The van der Waals surface area contributed by atoms with Crippen molar-refractivity contribution in [2.24, 2.45) is 11.8 Å². The first-order valence-corrected chi connectivity index (χ1v) is 12.4. The van der Waals surface area contributed by atoms with Gasteiger partial charge >= 0.3 is 5.97 Å². The van der Waals surface area contributed by atoms with Crippen molar-refractivity contribution in [2.45, 2.75) is 51.6 Å². The summed E-state index contributed by atoms with van der Waals surface area (Å²) in [5.74, 6) is 1.72. The molecule has 1 heterocycles. The monoisotopic (exact) mass is 471 g/mol.